The molecule has 5 nitrogen and oxygen atoms in total. The molecule has 1 aromatic rings. The maximum Gasteiger partial charge on any atom is 0.341 e. The Morgan fingerprint density at radius 3 is 2.75 bits per heavy atom. The lowest BCUT2D eigenvalue weighted by atomic mass is 10.0. The molecule has 0 saturated heterocycles. The van der Waals surface area contributed by atoms with E-state index in [-0.39, 0.29) is 5.91 Å². The van der Waals surface area contributed by atoms with Gasteiger partial charge < -0.3 is 15.2 Å². The normalized spacial score (nSPS) is 15.4. The number of ether oxygens (including phenoxy) is 1. The van der Waals surface area contributed by atoms with E-state index in [1.165, 1.54) is 12.8 Å². The largest absolute Gasteiger partial charge is 0.482 e. The highest BCUT2D eigenvalue weighted by Gasteiger charge is 2.40. The van der Waals surface area contributed by atoms with Gasteiger partial charge >= 0.3 is 5.97 Å². The molecule has 2 rings (SSSR count). The molecule has 0 unspecified atom stereocenters. The maximum atomic E-state index is 12.0. The third-order valence-electron chi connectivity index (χ3n) is 3.79. The Labute approximate surface area is 117 Å². The molecule has 0 spiro atoms. The second-order valence-electron chi connectivity index (χ2n) is 5.25. The second-order valence-corrected chi connectivity index (χ2v) is 5.25. The van der Waals surface area contributed by atoms with Gasteiger partial charge in [0.05, 0.1) is 0 Å². The number of hydrogen-bond donors (Lipinski definition) is 2. The van der Waals surface area contributed by atoms with Gasteiger partial charge in [-0.15, -0.1) is 0 Å². The van der Waals surface area contributed by atoms with Crippen LogP contribution in [0.1, 0.15) is 36.5 Å². The fourth-order valence-corrected chi connectivity index (χ4v) is 2.07. The molecule has 5 heteroatoms. The summed E-state index contributed by atoms with van der Waals surface area (Å²) in [5, 5.41) is 11.5. The van der Waals surface area contributed by atoms with Crippen molar-refractivity contribution in [1.82, 2.24) is 5.32 Å². The van der Waals surface area contributed by atoms with Crippen LogP contribution in [0.4, 0.5) is 0 Å². The van der Waals surface area contributed by atoms with E-state index in [2.05, 4.69) is 12.2 Å². The molecule has 0 bridgehead atoms. The number of carbonyl (C=O) groups excluding carboxylic acids is 1. The molecule has 0 aromatic heterocycles. The molecule has 20 heavy (non-hydrogen) atoms. The standard InChI is InChI=1S/C15H19NO4/c1-2-15(6-7-15)10-16-14(19)11-4-3-5-12(8-11)20-9-13(17)18/h3-5,8H,2,6-7,9-10H2,1H3,(H,16,19)(H,17,18). The summed E-state index contributed by atoms with van der Waals surface area (Å²) in [6.45, 7) is 2.42. The van der Waals surface area contributed by atoms with Crippen LogP contribution in [0.25, 0.3) is 0 Å². The predicted molar refractivity (Wildman–Crippen MR) is 73.9 cm³/mol. The summed E-state index contributed by atoms with van der Waals surface area (Å²) in [7, 11) is 0. The third kappa shape index (κ3) is 3.73. The van der Waals surface area contributed by atoms with Gasteiger partial charge in [0.25, 0.3) is 5.91 Å². The van der Waals surface area contributed by atoms with Crippen LogP contribution in [0.2, 0.25) is 0 Å². The van der Waals surface area contributed by atoms with Crippen LogP contribution >= 0.6 is 0 Å². The second kappa shape index (κ2) is 5.94. The van der Waals surface area contributed by atoms with Crippen LogP contribution in [-0.2, 0) is 4.79 Å². The first-order valence-corrected chi connectivity index (χ1v) is 6.77. The van der Waals surface area contributed by atoms with Gasteiger partial charge in [-0.3, -0.25) is 4.79 Å². The van der Waals surface area contributed by atoms with Crippen molar-refractivity contribution >= 4 is 11.9 Å². The smallest absolute Gasteiger partial charge is 0.341 e. The molecule has 1 aromatic carbocycles. The quantitative estimate of drug-likeness (QED) is 0.800. The fourth-order valence-electron chi connectivity index (χ4n) is 2.07. The van der Waals surface area contributed by atoms with Gasteiger partial charge in [-0.2, -0.15) is 0 Å². The van der Waals surface area contributed by atoms with Gasteiger partial charge in [0.2, 0.25) is 0 Å². The van der Waals surface area contributed by atoms with E-state index in [9.17, 15) is 9.59 Å². The van der Waals surface area contributed by atoms with Gasteiger partial charge in [-0.05, 0) is 42.9 Å². The zero-order valence-electron chi connectivity index (χ0n) is 11.5. The Bertz CT molecular complexity index is 508. The lowest BCUT2D eigenvalue weighted by molar-refractivity contribution is -0.139. The third-order valence-corrected chi connectivity index (χ3v) is 3.79. The molecule has 1 amide bonds. The van der Waals surface area contributed by atoms with Gasteiger partial charge in [0, 0.05) is 12.1 Å². The van der Waals surface area contributed by atoms with Crippen molar-refractivity contribution in [3.8, 4) is 5.75 Å². The van der Waals surface area contributed by atoms with Crippen molar-refractivity contribution in [1.29, 1.82) is 0 Å². The first kappa shape index (κ1) is 14.4. The lowest BCUT2D eigenvalue weighted by Gasteiger charge is -2.13. The zero-order chi connectivity index (χ0) is 14.6. The van der Waals surface area contributed by atoms with E-state index < -0.39 is 12.6 Å². The summed E-state index contributed by atoms with van der Waals surface area (Å²) in [5.41, 5.74) is 0.785. The molecular formula is C15H19NO4. The highest BCUT2D eigenvalue weighted by molar-refractivity contribution is 5.94. The van der Waals surface area contributed by atoms with Crippen molar-refractivity contribution in [3.05, 3.63) is 29.8 Å². The summed E-state index contributed by atoms with van der Waals surface area (Å²) in [4.78, 5) is 22.5. The number of carboxylic acid groups (broad SMARTS) is 1. The summed E-state index contributed by atoms with van der Waals surface area (Å²) in [6, 6.07) is 6.56. The molecule has 1 fully saturated rings. The Hall–Kier alpha value is -2.04. The first-order chi connectivity index (χ1) is 9.54. The predicted octanol–water partition coefficient (Wildman–Crippen LogP) is 2.07. The van der Waals surface area contributed by atoms with Crippen molar-refractivity contribution in [2.45, 2.75) is 26.2 Å². The fraction of sp³-hybridized carbons (Fsp3) is 0.467. The van der Waals surface area contributed by atoms with Crippen LogP contribution < -0.4 is 10.1 Å². The Morgan fingerprint density at radius 2 is 2.15 bits per heavy atom. The summed E-state index contributed by atoms with van der Waals surface area (Å²) >= 11 is 0. The number of carbonyl (C=O) groups is 2. The van der Waals surface area contributed by atoms with Crippen LogP contribution in [0.5, 0.6) is 5.75 Å². The number of carboxylic acids is 1. The number of hydrogen-bond acceptors (Lipinski definition) is 3. The van der Waals surface area contributed by atoms with E-state index in [4.69, 9.17) is 9.84 Å². The molecule has 108 valence electrons. The molecular weight excluding hydrogens is 258 g/mol. The average molecular weight is 277 g/mol. The number of amides is 1. The number of nitrogens with one attached hydrogen (secondary N) is 1. The van der Waals surface area contributed by atoms with Crippen molar-refractivity contribution < 1.29 is 19.4 Å². The summed E-state index contributed by atoms with van der Waals surface area (Å²) in [5.74, 6) is -0.805. The minimum atomic E-state index is -1.04. The first-order valence-electron chi connectivity index (χ1n) is 6.77. The number of benzene rings is 1. The van der Waals surface area contributed by atoms with E-state index in [0.29, 0.717) is 23.3 Å². The van der Waals surface area contributed by atoms with E-state index in [1.807, 2.05) is 0 Å². The van der Waals surface area contributed by atoms with Gasteiger partial charge in [-0.25, -0.2) is 4.79 Å². The van der Waals surface area contributed by atoms with Crippen molar-refractivity contribution in [3.63, 3.8) is 0 Å². The molecule has 0 atom stereocenters. The topological polar surface area (TPSA) is 75.6 Å². The zero-order valence-corrected chi connectivity index (χ0v) is 11.5. The molecule has 1 saturated carbocycles. The summed E-state index contributed by atoms with van der Waals surface area (Å²) < 4.78 is 5.06. The Balaban J connectivity index is 1.92. The minimum absolute atomic E-state index is 0.148. The van der Waals surface area contributed by atoms with Crippen LogP contribution in [0.15, 0.2) is 24.3 Å². The lowest BCUT2D eigenvalue weighted by Crippen LogP contribution is -2.29. The summed E-state index contributed by atoms with van der Waals surface area (Å²) in [6.07, 6.45) is 3.42. The molecule has 1 aliphatic rings. The van der Waals surface area contributed by atoms with E-state index in [1.54, 1.807) is 24.3 Å². The molecule has 1 aliphatic carbocycles. The van der Waals surface area contributed by atoms with E-state index in [0.717, 1.165) is 6.42 Å². The highest BCUT2D eigenvalue weighted by atomic mass is 16.5. The van der Waals surface area contributed by atoms with Crippen molar-refractivity contribution in [2.24, 2.45) is 5.41 Å². The van der Waals surface area contributed by atoms with Gasteiger partial charge in [-0.1, -0.05) is 13.0 Å². The van der Waals surface area contributed by atoms with Crippen molar-refractivity contribution in [2.75, 3.05) is 13.2 Å². The SMILES string of the molecule is CCC1(CNC(=O)c2cccc(OCC(=O)O)c2)CC1. The molecule has 0 radical (unpaired) electrons. The Morgan fingerprint density at radius 1 is 1.40 bits per heavy atom. The maximum absolute atomic E-state index is 12.0. The molecule has 0 aliphatic heterocycles. The number of aliphatic carboxylic acids is 1. The number of rotatable bonds is 7. The molecule has 2 N–H and O–H groups in total. The monoisotopic (exact) mass is 277 g/mol. The van der Waals surface area contributed by atoms with Crippen LogP contribution in [0.3, 0.4) is 0 Å². The minimum Gasteiger partial charge on any atom is -0.482 e. The Kier molecular flexibility index (Phi) is 4.27. The van der Waals surface area contributed by atoms with Gasteiger partial charge in [0.15, 0.2) is 6.61 Å². The highest BCUT2D eigenvalue weighted by Crippen LogP contribution is 2.47. The van der Waals surface area contributed by atoms with Crippen LogP contribution in [0, 0.1) is 5.41 Å². The van der Waals surface area contributed by atoms with Crippen LogP contribution in [-0.4, -0.2) is 30.1 Å². The van der Waals surface area contributed by atoms with E-state index >= 15 is 0 Å². The molecule has 0 heterocycles. The average Bonchev–Trinajstić information content (AvgIpc) is 3.23. The van der Waals surface area contributed by atoms with Gasteiger partial charge in [0.1, 0.15) is 5.75 Å².